The monoisotopic (exact) mass is 418 g/mol. The summed E-state index contributed by atoms with van der Waals surface area (Å²) in [6, 6.07) is 7.57. The van der Waals surface area contributed by atoms with Crippen LogP contribution in [0.1, 0.15) is 35.7 Å². The number of guanidine groups is 1. The number of rotatable bonds is 8. The van der Waals surface area contributed by atoms with Crippen LogP contribution < -0.4 is 16.4 Å². The Kier molecular flexibility index (Phi) is 9.40. The maximum Gasteiger partial charge on any atom is 0.409 e. The van der Waals surface area contributed by atoms with Crippen LogP contribution in [0.15, 0.2) is 29.3 Å². The lowest BCUT2D eigenvalue weighted by atomic mass is 10.1. The number of carbonyl (C=O) groups is 2. The van der Waals surface area contributed by atoms with E-state index in [9.17, 15) is 9.59 Å². The minimum absolute atomic E-state index is 0.0952. The molecule has 0 radical (unpaired) electrons. The first-order chi connectivity index (χ1) is 14.4. The second-order valence-corrected chi connectivity index (χ2v) is 7.57. The number of hydrogen-bond acceptors (Lipinski definition) is 5. The van der Waals surface area contributed by atoms with Gasteiger partial charge in [-0.1, -0.05) is 12.1 Å². The van der Waals surface area contributed by atoms with Crippen LogP contribution in [0.5, 0.6) is 0 Å². The van der Waals surface area contributed by atoms with Gasteiger partial charge < -0.3 is 30.9 Å². The van der Waals surface area contributed by atoms with E-state index in [1.165, 1.54) is 0 Å². The van der Waals surface area contributed by atoms with Gasteiger partial charge in [0.2, 0.25) is 0 Å². The molecule has 0 aliphatic carbocycles. The molecule has 1 saturated heterocycles. The molecule has 0 bridgehead atoms. The van der Waals surface area contributed by atoms with Crippen molar-refractivity contribution < 1.29 is 14.3 Å². The zero-order valence-corrected chi connectivity index (χ0v) is 18.2. The first-order valence-corrected chi connectivity index (χ1v) is 10.4. The molecule has 0 aromatic heterocycles. The van der Waals surface area contributed by atoms with Crippen molar-refractivity contribution in [1.82, 2.24) is 20.4 Å². The number of likely N-dealkylation sites (tertiary alicyclic amines) is 1. The van der Waals surface area contributed by atoms with Gasteiger partial charge in [0.1, 0.15) is 0 Å². The number of nitrogens with two attached hydrogens (primary N) is 1. The lowest BCUT2D eigenvalue weighted by Crippen LogP contribution is -2.48. The van der Waals surface area contributed by atoms with Gasteiger partial charge in [-0.3, -0.25) is 4.79 Å². The Morgan fingerprint density at radius 3 is 2.70 bits per heavy atom. The van der Waals surface area contributed by atoms with Crippen LogP contribution in [0, 0.1) is 0 Å². The number of aliphatic imine (C=N–C) groups is 1. The van der Waals surface area contributed by atoms with Crippen molar-refractivity contribution >= 4 is 18.0 Å². The summed E-state index contributed by atoms with van der Waals surface area (Å²) in [5.41, 5.74) is 7.56. The molecule has 0 spiro atoms. The number of piperidine rings is 1. The number of amides is 2. The molecule has 0 atom stereocenters. The second kappa shape index (κ2) is 12.0. The molecule has 1 aromatic rings. The molecule has 30 heavy (non-hydrogen) atoms. The summed E-state index contributed by atoms with van der Waals surface area (Å²) in [7, 11) is 3.93. The summed E-state index contributed by atoms with van der Waals surface area (Å²) in [6.45, 7) is 5.23. The fraction of sp³-hybridized carbons (Fsp3) is 0.571. The summed E-state index contributed by atoms with van der Waals surface area (Å²) in [5.74, 6) is 0.271. The molecule has 1 heterocycles. The number of hydrogen-bond donors (Lipinski definition) is 3. The van der Waals surface area contributed by atoms with Crippen LogP contribution in [0.25, 0.3) is 0 Å². The highest BCUT2D eigenvalue weighted by Gasteiger charge is 2.23. The first kappa shape index (κ1) is 23.5. The third-order valence-corrected chi connectivity index (χ3v) is 4.84. The highest BCUT2D eigenvalue weighted by atomic mass is 16.6. The Labute approximate surface area is 178 Å². The van der Waals surface area contributed by atoms with Crippen molar-refractivity contribution in [2.45, 2.75) is 32.4 Å². The van der Waals surface area contributed by atoms with E-state index in [0.717, 1.165) is 24.9 Å². The van der Waals surface area contributed by atoms with Crippen LogP contribution in [-0.2, 0) is 11.3 Å². The average Bonchev–Trinajstić information content (AvgIpc) is 2.73. The quantitative estimate of drug-likeness (QED) is 0.429. The van der Waals surface area contributed by atoms with Crippen molar-refractivity contribution in [3.63, 3.8) is 0 Å². The second-order valence-electron chi connectivity index (χ2n) is 7.57. The van der Waals surface area contributed by atoms with Gasteiger partial charge in [-0.25, -0.2) is 9.79 Å². The van der Waals surface area contributed by atoms with Gasteiger partial charge >= 0.3 is 6.09 Å². The van der Waals surface area contributed by atoms with Crippen molar-refractivity contribution in [1.29, 1.82) is 0 Å². The van der Waals surface area contributed by atoms with Crippen molar-refractivity contribution in [2.75, 3.05) is 46.9 Å². The standard InChI is InChI=1S/C21H34N6O3/c1-4-30-21(29)27-11-8-18(9-12-27)25-20(22)24-15-16-6-5-7-17(14-16)19(28)23-10-13-26(2)3/h5-7,14,18H,4,8-13,15H2,1-3H3,(H,23,28)(H3,22,24,25). The van der Waals surface area contributed by atoms with Gasteiger partial charge in [-0.05, 0) is 51.6 Å². The Hall–Kier alpha value is -2.81. The summed E-state index contributed by atoms with van der Waals surface area (Å²) in [6.07, 6.45) is 1.32. The highest BCUT2D eigenvalue weighted by molar-refractivity contribution is 5.94. The fourth-order valence-corrected chi connectivity index (χ4v) is 3.16. The van der Waals surface area contributed by atoms with Gasteiger partial charge in [-0.15, -0.1) is 0 Å². The molecule has 166 valence electrons. The Bertz CT molecular complexity index is 729. The molecule has 9 heteroatoms. The van der Waals surface area contributed by atoms with E-state index >= 15 is 0 Å². The molecular weight excluding hydrogens is 384 g/mol. The van der Waals surface area contributed by atoms with Gasteiger partial charge in [0.25, 0.3) is 5.91 Å². The van der Waals surface area contributed by atoms with Crippen LogP contribution in [-0.4, -0.2) is 80.7 Å². The molecule has 1 fully saturated rings. The molecular formula is C21H34N6O3. The molecule has 9 nitrogen and oxygen atoms in total. The summed E-state index contributed by atoms with van der Waals surface area (Å²) in [5, 5.41) is 6.13. The zero-order valence-electron chi connectivity index (χ0n) is 18.2. The molecule has 1 aliphatic rings. The number of nitrogens with zero attached hydrogens (tertiary/aromatic N) is 3. The molecule has 0 unspecified atom stereocenters. The highest BCUT2D eigenvalue weighted by Crippen LogP contribution is 2.12. The molecule has 1 aromatic carbocycles. The van der Waals surface area contributed by atoms with E-state index in [1.54, 1.807) is 17.9 Å². The maximum absolute atomic E-state index is 12.3. The van der Waals surface area contributed by atoms with E-state index in [-0.39, 0.29) is 18.0 Å². The van der Waals surface area contributed by atoms with E-state index in [4.69, 9.17) is 10.5 Å². The Morgan fingerprint density at radius 2 is 2.03 bits per heavy atom. The zero-order chi connectivity index (χ0) is 21.9. The minimum atomic E-state index is -0.261. The van der Waals surface area contributed by atoms with E-state index < -0.39 is 0 Å². The molecule has 0 saturated carbocycles. The summed E-state index contributed by atoms with van der Waals surface area (Å²) in [4.78, 5) is 32.1. The van der Waals surface area contributed by atoms with Crippen molar-refractivity contribution in [2.24, 2.45) is 10.7 Å². The van der Waals surface area contributed by atoms with Crippen LogP contribution in [0.3, 0.4) is 0 Å². The summed E-state index contributed by atoms with van der Waals surface area (Å²) < 4.78 is 5.03. The topological polar surface area (TPSA) is 112 Å². The van der Waals surface area contributed by atoms with E-state index in [0.29, 0.717) is 44.3 Å². The van der Waals surface area contributed by atoms with Gasteiger partial charge in [0, 0.05) is 37.8 Å². The number of nitrogens with one attached hydrogen (secondary N) is 2. The first-order valence-electron chi connectivity index (χ1n) is 10.4. The minimum Gasteiger partial charge on any atom is -0.450 e. The van der Waals surface area contributed by atoms with E-state index in [2.05, 4.69) is 15.6 Å². The third-order valence-electron chi connectivity index (χ3n) is 4.84. The van der Waals surface area contributed by atoms with Crippen LogP contribution in [0.2, 0.25) is 0 Å². The average molecular weight is 419 g/mol. The largest absolute Gasteiger partial charge is 0.450 e. The van der Waals surface area contributed by atoms with Crippen molar-refractivity contribution in [3.8, 4) is 0 Å². The van der Waals surface area contributed by atoms with Gasteiger partial charge in [0.15, 0.2) is 5.96 Å². The third kappa shape index (κ3) is 7.90. The van der Waals surface area contributed by atoms with Crippen molar-refractivity contribution in [3.05, 3.63) is 35.4 Å². The van der Waals surface area contributed by atoms with Gasteiger partial charge in [0.05, 0.1) is 13.2 Å². The number of ether oxygens (including phenoxy) is 1. The summed E-state index contributed by atoms with van der Waals surface area (Å²) >= 11 is 0. The smallest absolute Gasteiger partial charge is 0.409 e. The van der Waals surface area contributed by atoms with Crippen LogP contribution in [0.4, 0.5) is 4.79 Å². The molecule has 2 amide bonds. The predicted molar refractivity (Wildman–Crippen MR) is 117 cm³/mol. The maximum atomic E-state index is 12.3. The molecule has 1 aliphatic heterocycles. The van der Waals surface area contributed by atoms with Gasteiger partial charge in [-0.2, -0.15) is 0 Å². The number of carbonyl (C=O) groups excluding carboxylic acids is 2. The lowest BCUT2D eigenvalue weighted by molar-refractivity contribution is 0.0947. The number of benzene rings is 1. The van der Waals surface area contributed by atoms with E-state index in [1.807, 2.05) is 37.2 Å². The normalized spacial score (nSPS) is 15.2. The number of likely N-dealkylation sites (N-methyl/N-ethyl adjacent to an activating group) is 1. The Morgan fingerprint density at radius 1 is 1.30 bits per heavy atom. The fourth-order valence-electron chi connectivity index (χ4n) is 3.16. The Balaban J connectivity index is 1.80. The predicted octanol–water partition coefficient (Wildman–Crippen LogP) is 1.00. The van der Waals surface area contributed by atoms with Crippen LogP contribution >= 0.6 is 0 Å². The SMILES string of the molecule is CCOC(=O)N1CCC(NC(N)=NCc2cccc(C(=O)NCCN(C)C)c2)CC1. The molecule has 4 N–H and O–H groups in total. The lowest BCUT2D eigenvalue weighted by Gasteiger charge is -2.31. The molecule has 2 rings (SSSR count).